The standard InChI is InChI=1S/C14H23N3/c1-17(2)11-12-6-3-4-8-14(12)16-13-7-5-9-15-10-13/h3-4,6,8,13,15-16H,5,7,9-11H2,1-2H3. The first-order valence-corrected chi connectivity index (χ1v) is 6.45. The molecule has 1 atom stereocenters. The number of nitrogens with one attached hydrogen (secondary N) is 2. The molecular weight excluding hydrogens is 210 g/mol. The van der Waals surface area contributed by atoms with Crippen LogP contribution in [0.25, 0.3) is 0 Å². The largest absolute Gasteiger partial charge is 0.381 e. The van der Waals surface area contributed by atoms with Gasteiger partial charge in [0.05, 0.1) is 0 Å². The lowest BCUT2D eigenvalue weighted by atomic mass is 10.1. The van der Waals surface area contributed by atoms with Crippen LogP contribution in [0.4, 0.5) is 5.69 Å². The number of nitrogens with zero attached hydrogens (tertiary/aromatic N) is 1. The molecule has 2 N–H and O–H groups in total. The van der Waals surface area contributed by atoms with Gasteiger partial charge in [0.15, 0.2) is 0 Å². The van der Waals surface area contributed by atoms with E-state index in [-0.39, 0.29) is 0 Å². The van der Waals surface area contributed by atoms with E-state index >= 15 is 0 Å². The minimum Gasteiger partial charge on any atom is -0.381 e. The van der Waals surface area contributed by atoms with E-state index in [1.54, 1.807) is 0 Å². The number of hydrogen-bond donors (Lipinski definition) is 2. The van der Waals surface area contributed by atoms with Crippen LogP contribution in [0.5, 0.6) is 0 Å². The van der Waals surface area contributed by atoms with Crippen LogP contribution in [-0.4, -0.2) is 38.1 Å². The summed E-state index contributed by atoms with van der Waals surface area (Å²) in [5.41, 5.74) is 2.66. The molecule has 17 heavy (non-hydrogen) atoms. The van der Waals surface area contributed by atoms with Crippen LogP contribution in [0.3, 0.4) is 0 Å². The lowest BCUT2D eigenvalue weighted by Crippen LogP contribution is -2.38. The van der Waals surface area contributed by atoms with E-state index in [2.05, 4.69) is 53.9 Å². The summed E-state index contributed by atoms with van der Waals surface area (Å²) in [6.45, 7) is 3.23. The first-order chi connectivity index (χ1) is 8.25. The number of hydrogen-bond acceptors (Lipinski definition) is 3. The maximum absolute atomic E-state index is 3.67. The van der Waals surface area contributed by atoms with Gasteiger partial charge in [-0.15, -0.1) is 0 Å². The summed E-state index contributed by atoms with van der Waals surface area (Å²) in [6, 6.07) is 9.19. The first-order valence-electron chi connectivity index (χ1n) is 6.45. The summed E-state index contributed by atoms with van der Waals surface area (Å²) in [7, 11) is 4.22. The molecule has 1 fully saturated rings. The fourth-order valence-electron chi connectivity index (χ4n) is 2.33. The quantitative estimate of drug-likeness (QED) is 0.832. The minimum absolute atomic E-state index is 0.576. The zero-order valence-electron chi connectivity index (χ0n) is 10.9. The Morgan fingerprint density at radius 2 is 2.18 bits per heavy atom. The Bertz CT molecular complexity index is 343. The van der Waals surface area contributed by atoms with Gasteiger partial charge in [0.2, 0.25) is 0 Å². The second-order valence-electron chi connectivity index (χ2n) is 5.08. The van der Waals surface area contributed by atoms with Gasteiger partial charge in [-0.2, -0.15) is 0 Å². The van der Waals surface area contributed by atoms with Crippen molar-refractivity contribution < 1.29 is 0 Å². The van der Waals surface area contributed by atoms with Crippen molar-refractivity contribution in [1.29, 1.82) is 0 Å². The molecule has 1 aromatic rings. The first kappa shape index (κ1) is 12.4. The molecule has 0 saturated carbocycles. The summed E-state index contributed by atoms with van der Waals surface area (Å²) in [5.74, 6) is 0. The molecule has 0 aromatic heterocycles. The van der Waals surface area contributed by atoms with Crippen molar-refractivity contribution in [1.82, 2.24) is 10.2 Å². The van der Waals surface area contributed by atoms with Crippen molar-refractivity contribution in [3.63, 3.8) is 0 Å². The van der Waals surface area contributed by atoms with Gasteiger partial charge in [-0.3, -0.25) is 0 Å². The molecule has 0 aliphatic carbocycles. The van der Waals surface area contributed by atoms with Gasteiger partial charge >= 0.3 is 0 Å². The molecule has 1 heterocycles. The third-order valence-electron chi connectivity index (χ3n) is 3.16. The zero-order valence-corrected chi connectivity index (χ0v) is 10.9. The number of benzene rings is 1. The van der Waals surface area contributed by atoms with Gasteiger partial charge in [0.1, 0.15) is 0 Å². The smallest absolute Gasteiger partial charge is 0.0388 e. The average Bonchev–Trinajstić information content (AvgIpc) is 2.32. The van der Waals surface area contributed by atoms with Gasteiger partial charge in [0.25, 0.3) is 0 Å². The number of piperidine rings is 1. The molecule has 0 radical (unpaired) electrons. The maximum Gasteiger partial charge on any atom is 0.0388 e. The predicted molar refractivity (Wildman–Crippen MR) is 73.3 cm³/mol. The summed E-state index contributed by atoms with van der Waals surface area (Å²) in [6.07, 6.45) is 2.54. The Morgan fingerprint density at radius 3 is 2.88 bits per heavy atom. The number of anilines is 1. The molecule has 0 amide bonds. The zero-order chi connectivity index (χ0) is 12.1. The highest BCUT2D eigenvalue weighted by Gasteiger charge is 2.13. The molecule has 1 unspecified atom stereocenters. The van der Waals surface area contributed by atoms with Crippen molar-refractivity contribution in [2.75, 3.05) is 32.5 Å². The van der Waals surface area contributed by atoms with Crippen LogP contribution in [-0.2, 0) is 6.54 Å². The lowest BCUT2D eigenvalue weighted by Gasteiger charge is -2.26. The Balaban J connectivity index is 2.03. The summed E-state index contributed by atoms with van der Waals surface area (Å²) in [4.78, 5) is 2.21. The Labute approximate surface area is 104 Å². The molecule has 3 heteroatoms. The van der Waals surface area contributed by atoms with Crippen molar-refractivity contribution >= 4 is 5.69 Å². The van der Waals surface area contributed by atoms with Crippen LogP contribution >= 0.6 is 0 Å². The Morgan fingerprint density at radius 1 is 1.35 bits per heavy atom. The molecule has 1 aliphatic heterocycles. The fourth-order valence-corrected chi connectivity index (χ4v) is 2.33. The molecule has 2 rings (SSSR count). The van der Waals surface area contributed by atoms with Crippen molar-refractivity contribution in [3.8, 4) is 0 Å². The molecule has 3 nitrogen and oxygen atoms in total. The highest BCUT2D eigenvalue weighted by molar-refractivity contribution is 5.51. The summed E-state index contributed by atoms with van der Waals surface area (Å²) < 4.78 is 0. The SMILES string of the molecule is CN(C)Cc1ccccc1NC1CCCNC1. The van der Waals surface area contributed by atoms with Crippen LogP contribution in [0.15, 0.2) is 24.3 Å². The fraction of sp³-hybridized carbons (Fsp3) is 0.571. The highest BCUT2D eigenvalue weighted by Crippen LogP contribution is 2.19. The lowest BCUT2D eigenvalue weighted by molar-refractivity contribution is 0.402. The normalized spacial score (nSPS) is 20.5. The van der Waals surface area contributed by atoms with E-state index in [1.807, 2.05) is 0 Å². The van der Waals surface area contributed by atoms with Gasteiger partial charge in [0, 0.05) is 24.8 Å². The van der Waals surface area contributed by atoms with E-state index in [0.717, 1.165) is 19.6 Å². The highest BCUT2D eigenvalue weighted by atomic mass is 15.1. The molecule has 94 valence electrons. The van der Waals surface area contributed by atoms with Crippen LogP contribution < -0.4 is 10.6 Å². The number of rotatable bonds is 4. The van der Waals surface area contributed by atoms with E-state index in [0.29, 0.717) is 6.04 Å². The number of para-hydroxylation sites is 1. The van der Waals surface area contributed by atoms with Gasteiger partial charge < -0.3 is 15.5 Å². The van der Waals surface area contributed by atoms with Crippen molar-refractivity contribution in [2.24, 2.45) is 0 Å². The molecule has 1 aromatic carbocycles. The Hall–Kier alpha value is -1.06. The monoisotopic (exact) mass is 233 g/mol. The molecule has 0 spiro atoms. The second kappa shape index (κ2) is 6.03. The van der Waals surface area contributed by atoms with Gasteiger partial charge in [-0.05, 0) is 45.1 Å². The third-order valence-corrected chi connectivity index (χ3v) is 3.16. The molecule has 1 saturated heterocycles. The van der Waals surface area contributed by atoms with Gasteiger partial charge in [-0.25, -0.2) is 0 Å². The summed E-state index contributed by atoms with van der Waals surface area (Å²) in [5, 5.41) is 7.11. The van der Waals surface area contributed by atoms with Crippen molar-refractivity contribution in [3.05, 3.63) is 29.8 Å². The predicted octanol–water partition coefficient (Wildman–Crippen LogP) is 1.91. The van der Waals surface area contributed by atoms with Crippen LogP contribution in [0.1, 0.15) is 18.4 Å². The third kappa shape index (κ3) is 3.72. The van der Waals surface area contributed by atoms with E-state index in [9.17, 15) is 0 Å². The topological polar surface area (TPSA) is 27.3 Å². The summed E-state index contributed by atoms with van der Waals surface area (Å²) >= 11 is 0. The maximum atomic E-state index is 3.67. The van der Waals surface area contributed by atoms with Crippen LogP contribution in [0, 0.1) is 0 Å². The minimum atomic E-state index is 0.576. The second-order valence-corrected chi connectivity index (χ2v) is 5.08. The van der Waals surface area contributed by atoms with Crippen molar-refractivity contribution in [2.45, 2.75) is 25.4 Å². The van der Waals surface area contributed by atoms with E-state index < -0.39 is 0 Å². The van der Waals surface area contributed by atoms with Gasteiger partial charge in [-0.1, -0.05) is 18.2 Å². The van der Waals surface area contributed by atoms with E-state index in [1.165, 1.54) is 24.1 Å². The van der Waals surface area contributed by atoms with E-state index in [4.69, 9.17) is 0 Å². The van der Waals surface area contributed by atoms with Crippen LogP contribution in [0.2, 0.25) is 0 Å². The molecular formula is C14H23N3. The molecule has 1 aliphatic rings. The Kier molecular flexibility index (Phi) is 4.40. The average molecular weight is 233 g/mol. The molecule has 0 bridgehead atoms.